The molecule has 0 amide bonds. The summed E-state index contributed by atoms with van der Waals surface area (Å²) in [5.74, 6) is 1.03. The second-order valence-electron chi connectivity index (χ2n) is 7.55. The minimum absolute atomic E-state index is 0.293. The summed E-state index contributed by atoms with van der Waals surface area (Å²) >= 11 is 12.5. The second-order valence-corrected chi connectivity index (χ2v) is 8.36. The number of nitrogens with one attached hydrogen (secondary N) is 1. The molecular formula is C25H20Cl2N2. The second kappa shape index (κ2) is 7.70. The van der Waals surface area contributed by atoms with Gasteiger partial charge in [-0.05, 0) is 53.8 Å². The number of nitrogens with zero attached hydrogens (tertiary/aromatic N) is 1. The molecule has 1 aliphatic carbocycles. The maximum atomic E-state index is 6.23. The van der Waals surface area contributed by atoms with Gasteiger partial charge in [0.05, 0.1) is 21.8 Å². The molecule has 1 aliphatic heterocycles. The fourth-order valence-corrected chi connectivity index (χ4v) is 4.91. The lowest BCUT2D eigenvalue weighted by atomic mass is 9.77. The first kappa shape index (κ1) is 18.5. The van der Waals surface area contributed by atoms with Crippen molar-refractivity contribution in [3.8, 4) is 0 Å². The summed E-state index contributed by atoms with van der Waals surface area (Å²) in [4.78, 5) is 4.56. The van der Waals surface area contributed by atoms with Gasteiger partial charge in [-0.2, -0.15) is 0 Å². The van der Waals surface area contributed by atoms with Crippen LogP contribution in [0.5, 0.6) is 0 Å². The van der Waals surface area contributed by atoms with Gasteiger partial charge in [0.15, 0.2) is 0 Å². The third kappa shape index (κ3) is 3.48. The van der Waals surface area contributed by atoms with Gasteiger partial charge in [0, 0.05) is 23.4 Å². The normalized spacial score (nSPS) is 22.3. The monoisotopic (exact) mass is 418 g/mol. The van der Waals surface area contributed by atoms with Crippen LogP contribution in [-0.2, 0) is 0 Å². The van der Waals surface area contributed by atoms with Crippen LogP contribution in [0.4, 0.5) is 11.4 Å². The van der Waals surface area contributed by atoms with Gasteiger partial charge < -0.3 is 5.32 Å². The van der Waals surface area contributed by atoms with Crippen molar-refractivity contribution in [1.29, 1.82) is 0 Å². The molecule has 5 rings (SSSR count). The van der Waals surface area contributed by atoms with Gasteiger partial charge in [-0.1, -0.05) is 71.8 Å². The summed E-state index contributed by atoms with van der Waals surface area (Å²) in [5, 5.41) is 4.96. The van der Waals surface area contributed by atoms with Crippen LogP contribution in [0.15, 0.2) is 83.9 Å². The first-order valence-electron chi connectivity index (χ1n) is 9.81. The third-order valence-electron chi connectivity index (χ3n) is 5.87. The number of allylic oxidation sites excluding steroid dienone is 2. The molecule has 3 aromatic rings. The van der Waals surface area contributed by atoms with Crippen LogP contribution in [0, 0.1) is 5.92 Å². The lowest BCUT2D eigenvalue weighted by Gasteiger charge is -2.37. The highest BCUT2D eigenvalue weighted by atomic mass is 35.5. The minimum atomic E-state index is 0.293. The third-order valence-corrected chi connectivity index (χ3v) is 6.53. The molecule has 29 heavy (non-hydrogen) atoms. The summed E-state index contributed by atoms with van der Waals surface area (Å²) in [6.07, 6.45) is 7.51. The van der Waals surface area contributed by atoms with Crippen LogP contribution in [0.1, 0.15) is 35.1 Å². The molecule has 0 radical (unpaired) electrons. The number of fused-ring (bicyclic) bond motifs is 3. The van der Waals surface area contributed by atoms with Crippen molar-refractivity contribution >= 4 is 40.8 Å². The Morgan fingerprint density at radius 3 is 2.45 bits per heavy atom. The zero-order valence-corrected chi connectivity index (χ0v) is 17.2. The molecule has 0 aromatic heterocycles. The predicted octanol–water partition coefficient (Wildman–Crippen LogP) is 7.57. The van der Waals surface area contributed by atoms with Crippen LogP contribution in [-0.4, -0.2) is 6.21 Å². The number of benzene rings is 3. The molecule has 3 unspecified atom stereocenters. The molecule has 1 heterocycles. The lowest BCUT2D eigenvalue weighted by Crippen LogP contribution is -2.28. The molecular weight excluding hydrogens is 399 g/mol. The summed E-state index contributed by atoms with van der Waals surface area (Å²) in [7, 11) is 0. The average Bonchev–Trinajstić information content (AvgIpc) is 3.24. The lowest BCUT2D eigenvalue weighted by molar-refractivity contribution is 0.425. The molecule has 4 heteroatoms. The van der Waals surface area contributed by atoms with Crippen molar-refractivity contribution in [2.45, 2.75) is 18.4 Å². The first-order valence-corrected chi connectivity index (χ1v) is 10.6. The van der Waals surface area contributed by atoms with E-state index in [1.165, 1.54) is 16.8 Å². The Morgan fingerprint density at radius 2 is 1.66 bits per heavy atom. The van der Waals surface area contributed by atoms with E-state index in [1.807, 2.05) is 18.2 Å². The minimum Gasteiger partial charge on any atom is -0.378 e. The van der Waals surface area contributed by atoms with Crippen LogP contribution in [0.2, 0.25) is 10.0 Å². The van der Waals surface area contributed by atoms with E-state index in [4.69, 9.17) is 23.2 Å². The molecule has 2 nitrogen and oxygen atoms in total. The standard InChI is InChI=1S/C25H20Cl2N2/c26-22-8-4-9-23(27)21(22)15-28-17-13-11-16(12-14-17)25-20-7-3-6-18(20)19-5-1-2-10-24(19)29-25/h1-6,8-15,18,20,25,29H,7H2. The smallest absolute Gasteiger partial charge is 0.0630 e. The Bertz CT molecular complexity index is 1080. The number of hydrogen-bond acceptors (Lipinski definition) is 2. The van der Waals surface area contributed by atoms with Gasteiger partial charge >= 0.3 is 0 Å². The zero-order chi connectivity index (χ0) is 19.8. The van der Waals surface area contributed by atoms with Gasteiger partial charge in [0.2, 0.25) is 0 Å². The number of halogens is 2. The van der Waals surface area contributed by atoms with Crippen LogP contribution in [0.3, 0.4) is 0 Å². The summed E-state index contributed by atoms with van der Waals surface area (Å²) < 4.78 is 0. The first-order chi connectivity index (χ1) is 14.2. The fourth-order valence-electron chi connectivity index (χ4n) is 4.41. The van der Waals surface area contributed by atoms with Crippen molar-refractivity contribution in [3.05, 3.63) is 106 Å². The van der Waals surface area contributed by atoms with Crippen LogP contribution < -0.4 is 5.32 Å². The Balaban J connectivity index is 1.40. The molecule has 2 aliphatic rings. The number of para-hydroxylation sites is 1. The quantitative estimate of drug-likeness (QED) is 0.344. The van der Waals surface area contributed by atoms with E-state index in [0.29, 0.717) is 27.9 Å². The van der Waals surface area contributed by atoms with Crippen molar-refractivity contribution < 1.29 is 0 Å². The van der Waals surface area contributed by atoms with E-state index in [9.17, 15) is 0 Å². The molecule has 1 N–H and O–H groups in total. The van der Waals surface area contributed by atoms with Crippen molar-refractivity contribution in [3.63, 3.8) is 0 Å². The summed E-state index contributed by atoms with van der Waals surface area (Å²) in [5.41, 5.74) is 5.54. The van der Waals surface area contributed by atoms with E-state index in [2.05, 4.69) is 71.0 Å². The highest BCUT2D eigenvalue weighted by molar-refractivity contribution is 6.38. The zero-order valence-electron chi connectivity index (χ0n) is 15.7. The predicted molar refractivity (Wildman–Crippen MR) is 123 cm³/mol. The summed E-state index contributed by atoms with van der Waals surface area (Å²) in [6.45, 7) is 0. The number of aliphatic imine (C=N–C) groups is 1. The summed E-state index contributed by atoms with van der Waals surface area (Å²) in [6, 6.07) is 22.8. The topological polar surface area (TPSA) is 24.4 Å². The molecule has 0 saturated heterocycles. The molecule has 0 saturated carbocycles. The molecule has 3 atom stereocenters. The van der Waals surface area contributed by atoms with Gasteiger partial charge in [-0.15, -0.1) is 0 Å². The molecule has 0 fully saturated rings. The van der Waals surface area contributed by atoms with E-state index in [1.54, 1.807) is 6.21 Å². The molecule has 0 spiro atoms. The van der Waals surface area contributed by atoms with Crippen LogP contribution >= 0.6 is 23.2 Å². The van der Waals surface area contributed by atoms with Gasteiger partial charge in [0.25, 0.3) is 0 Å². The SMILES string of the molecule is Clc1cccc(Cl)c1C=Nc1ccc(C2Nc3ccccc3C3C=CCC32)cc1. The van der Waals surface area contributed by atoms with Crippen molar-refractivity contribution in [1.82, 2.24) is 0 Å². The molecule has 3 aromatic carbocycles. The maximum Gasteiger partial charge on any atom is 0.0630 e. The number of anilines is 1. The largest absolute Gasteiger partial charge is 0.378 e. The van der Waals surface area contributed by atoms with E-state index < -0.39 is 0 Å². The molecule has 144 valence electrons. The van der Waals surface area contributed by atoms with E-state index in [-0.39, 0.29) is 0 Å². The number of rotatable bonds is 3. The van der Waals surface area contributed by atoms with Gasteiger partial charge in [-0.25, -0.2) is 0 Å². The average molecular weight is 419 g/mol. The van der Waals surface area contributed by atoms with Crippen LogP contribution in [0.25, 0.3) is 0 Å². The van der Waals surface area contributed by atoms with Gasteiger partial charge in [0.1, 0.15) is 0 Å². The fraction of sp³-hybridized carbons (Fsp3) is 0.160. The Morgan fingerprint density at radius 1 is 0.897 bits per heavy atom. The molecule has 0 bridgehead atoms. The van der Waals surface area contributed by atoms with E-state index in [0.717, 1.165) is 17.7 Å². The Hall–Kier alpha value is -2.55. The van der Waals surface area contributed by atoms with Gasteiger partial charge in [-0.3, -0.25) is 4.99 Å². The highest BCUT2D eigenvalue weighted by Gasteiger charge is 2.37. The highest BCUT2D eigenvalue weighted by Crippen LogP contribution is 2.49. The Labute approximate surface area is 180 Å². The Kier molecular flexibility index (Phi) is 4.91. The van der Waals surface area contributed by atoms with Crippen molar-refractivity contribution in [2.75, 3.05) is 5.32 Å². The van der Waals surface area contributed by atoms with Crippen molar-refractivity contribution in [2.24, 2.45) is 10.9 Å². The van der Waals surface area contributed by atoms with E-state index >= 15 is 0 Å². The maximum absolute atomic E-state index is 6.23. The number of hydrogen-bond donors (Lipinski definition) is 1.